The highest BCUT2D eigenvalue weighted by atomic mass is 16.3. The van der Waals surface area contributed by atoms with Crippen LogP contribution in [0.15, 0.2) is 33.5 Å². The number of para-hydroxylation sites is 1. The van der Waals surface area contributed by atoms with Gasteiger partial charge >= 0.3 is 0 Å². The molecule has 4 rings (SSSR count). The van der Waals surface area contributed by atoms with Gasteiger partial charge in [-0.2, -0.15) is 0 Å². The number of furan rings is 1. The molecule has 1 aliphatic heterocycles. The Kier molecular flexibility index (Phi) is 3.63. The van der Waals surface area contributed by atoms with Crippen molar-refractivity contribution in [2.75, 3.05) is 19.7 Å². The van der Waals surface area contributed by atoms with E-state index in [1.807, 2.05) is 24.3 Å². The van der Waals surface area contributed by atoms with Crippen molar-refractivity contribution in [2.24, 2.45) is 5.92 Å². The van der Waals surface area contributed by atoms with Crippen molar-refractivity contribution in [3.8, 4) is 0 Å². The Morgan fingerprint density at radius 2 is 2.09 bits per heavy atom. The fourth-order valence-electron chi connectivity index (χ4n) is 3.26. The van der Waals surface area contributed by atoms with Crippen molar-refractivity contribution in [2.45, 2.75) is 19.4 Å². The van der Waals surface area contributed by atoms with Crippen LogP contribution in [-0.4, -0.2) is 39.7 Å². The molecule has 6 nitrogen and oxygen atoms in total. The molecule has 1 aromatic carbocycles. The third-order valence-corrected chi connectivity index (χ3v) is 4.62. The van der Waals surface area contributed by atoms with Gasteiger partial charge in [-0.25, -0.2) is 4.98 Å². The van der Waals surface area contributed by atoms with Crippen molar-refractivity contribution in [3.63, 3.8) is 0 Å². The summed E-state index contributed by atoms with van der Waals surface area (Å²) < 4.78 is 5.61. The lowest BCUT2D eigenvalue weighted by Gasteiger charge is -2.30. The molecule has 120 valence electrons. The molecule has 0 radical (unpaired) electrons. The van der Waals surface area contributed by atoms with Crippen LogP contribution in [0.2, 0.25) is 0 Å². The number of benzene rings is 1. The smallest absolute Gasteiger partial charge is 0.294 e. The molecule has 0 aliphatic carbocycles. The number of aromatic amines is 1. The molecule has 1 saturated heterocycles. The van der Waals surface area contributed by atoms with E-state index in [0.717, 1.165) is 31.3 Å². The zero-order valence-corrected chi connectivity index (χ0v) is 12.8. The summed E-state index contributed by atoms with van der Waals surface area (Å²) in [6.07, 6.45) is 1.97. The van der Waals surface area contributed by atoms with Crippen LogP contribution in [0.5, 0.6) is 0 Å². The molecule has 2 aromatic heterocycles. The number of likely N-dealkylation sites (tertiary alicyclic amines) is 1. The summed E-state index contributed by atoms with van der Waals surface area (Å²) in [5.41, 5.74) is 1.37. The zero-order valence-electron chi connectivity index (χ0n) is 12.8. The van der Waals surface area contributed by atoms with Crippen LogP contribution in [0, 0.1) is 5.92 Å². The van der Waals surface area contributed by atoms with Crippen LogP contribution >= 0.6 is 0 Å². The lowest BCUT2D eigenvalue weighted by atomic mass is 9.98. The van der Waals surface area contributed by atoms with Gasteiger partial charge in [-0.3, -0.25) is 9.69 Å². The molecule has 0 bridgehead atoms. The van der Waals surface area contributed by atoms with E-state index in [-0.39, 0.29) is 17.7 Å². The standard InChI is InChI=1S/C17H19N3O3/c21-10-11-5-7-20(8-6-11)9-14-18-15-12-3-1-2-4-13(12)23-16(15)17(22)19-14/h1-4,11,21H,5-10H2,(H,18,19,22). The molecule has 1 aliphatic rings. The second-order valence-electron chi connectivity index (χ2n) is 6.19. The predicted molar refractivity (Wildman–Crippen MR) is 87.2 cm³/mol. The molecule has 6 heteroatoms. The van der Waals surface area contributed by atoms with E-state index in [1.54, 1.807) is 0 Å². The van der Waals surface area contributed by atoms with Crippen LogP contribution in [-0.2, 0) is 6.54 Å². The summed E-state index contributed by atoms with van der Waals surface area (Å²) in [5, 5.41) is 10.1. The Morgan fingerprint density at radius 3 is 2.87 bits per heavy atom. The first kappa shape index (κ1) is 14.4. The first-order valence-electron chi connectivity index (χ1n) is 7.98. The Hall–Kier alpha value is -2.18. The first-order valence-corrected chi connectivity index (χ1v) is 7.98. The summed E-state index contributed by atoms with van der Waals surface area (Å²) in [5.74, 6) is 1.06. The summed E-state index contributed by atoms with van der Waals surface area (Å²) in [4.78, 5) is 22.0. The minimum absolute atomic E-state index is 0.230. The second-order valence-corrected chi connectivity index (χ2v) is 6.19. The van der Waals surface area contributed by atoms with Crippen molar-refractivity contribution >= 4 is 22.1 Å². The van der Waals surface area contributed by atoms with Gasteiger partial charge in [-0.15, -0.1) is 0 Å². The van der Waals surface area contributed by atoms with E-state index < -0.39 is 0 Å². The number of piperidine rings is 1. The van der Waals surface area contributed by atoms with Gasteiger partial charge in [-0.05, 0) is 44.0 Å². The highest BCUT2D eigenvalue weighted by Gasteiger charge is 2.20. The van der Waals surface area contributed by atoms with E-state index in [1.165, 1.54) is 0 Å². The van der Waals surface area contributed by atoms with Gasteiger partial charge < -0.3 is 14.5 Å². The van der Waals surface area contributed by atoms with Crippen LogP contribution in [0.25, 0.3) is 22.1 Å². The van der Waals surface area contributed by atoms with Gasteiger partial charge in [0.2, 0.25) is 5.58 Å². The minimum atomic E-state index is -0.230. The molecule has 0 spiro atoms. The fraction of sp³-hybridized carbons (Fsp3) is 0.412. The van der Waals surface area contributed by atoms with E-state index in [2.05, 4.69) is 14.9 Å². The van der Waals surface area contributed by atoms with Crippen LogP contribution < -0.4 is 5.56 Å². The molecular weight excluding hydrogens is 294 g/mol. The lowest BCUT2D eigenvalue weighted by molar-refractivity contribution is 0.125. The average molecular weight is 313 g/mol. The van der Waals surface area contributed by atoms with Gasteiger partial charge in [0.1, 0.15) is 16.9 Å². The van der Waals surface area contributed by atoms with Crippen molar-refractivity contribution in [1.82, 2.24) is 14.9 Å². The number of aliphatic hydroxyl groups excluding tert-OH is 1. The molecule has 0 atom stereocenters. The number of aromatic nitrogens is 2. The molecule has 3 heterocycles. The van der Waals surface area contributed by atoms with E-state index in [4.69, 9.17) is 4.42 Å². The minimum Gasteiger partial charge on any atom is -0.449 e. The highest BCUT2D eigenvalue weighted by molar-refractivity contribution is 6.01. The number of rotatable bonds is 3. The first-order chi connectivity index (χ1) is 11.2. The summed E-state index contributed by atoms with van der Waals surface area (Å²) in [6, 6.07) is 7.56. The zero-order chi connectivity index (χ0) is 15.8. The molecule has 3 aromatic rings. The third-order valence-electron chi connectivity index (χ3n) is 4.62. The molecule has 1 fully saturated rings. The lowest BCUT2D eigenvalue weighted by Crippen LogP contribution is -2.35. The maximum Gasteiger partial charge on any atom is 0.294 e. The Morgan fingerprint density at radius 1 is 1.30 bits per heavy atom. The second kappa shape index (κ2) is 5.79. The highest BCUT2D eigenvalue weighted by Crippen LogP contribution is 2.25. The molecule has 0 amide bonds. The van der Waals surface area contributed by atoms with Gasteiger partial charge in [0, 0.05) is 12.0 Å². The number of fused-ring (bicyclic) bond motifs is 3. The van der Waals surface area contributed by atoms with Crippen LogP contribution in [0.4, 0.5) is 0 Å². The van der Waals surface area contributed by atoms with Gasteiger partial charge in [-0.1, -0.05) is 12.1 Å². The van der Waals surface area contributed by atoms with E-state index in [9.17, 15) is 9.90 Å². The summed E-state index contributed by atoms with van der Waals surface area (Å²) in [6.45, 7) is 2.71. The molecular formula is C17H19N3O3. The topological polar surface area (TPSA) is 82.4 Å². The SMILES string of the molecule is O=c1[nH]c(CN2CCC(CO)CC2)nc2c1oc1ccccc12. The Bertz CT molecular complexity index is 891. The van der Waals surface area contributed by atoms with Crippen LogP contribution in [0.3, 0.4) is 0 Å². The summed E-state index contributed by atoms with van der Waals surface area (Å²) in [7, 11) is 0. The summed E-state index contributed by atoms with van der Waals surface area (Å²) >= 11 is 0. The molecule has 0 unspecified atom stereocenters. The Labute approximate surface area is 132 Å². The number of nitrogens with zero attached hydrogens (tertiary/aromatic N) is 2. The Balaban J connectivity index is 1.66. The largest absolute Gasteiger partial charge is 0.449 e. The number of aliphatic hydroxyl groups is 1. The van der Waals surface area contributed by atoms with E-state index in [0.29, 0.717) is 29.4 Å². The number of hydrogen-bond donors (Lipinski definition) is 2. The van der Waals surface area contributed by atoms with Gasteiger partial charge in [0.05, 0.1) is 6.54 Å². The maximum atomic E-state index is 12.3. The van der Waals surface area contributed by atoms with E-state index >= 15 is 0 Å². The van der Waals surface area contributed by atoms with Crippen molar-refractivity contribution in [3.05, 3.63) is 40.4 Å². The predicted octanol–water partition coefficient (Wildman–Crippen LogP) is 1.87. The average Bonchev–Trinajstić information content (AvgIpc) is 2.95. The number of nitrogens with one attached hydrogen (secondary N) is 1. The monoisotopic (exact) mass is 313 g/mol. The number of hydrogen-bond acceptors (Lipinski definition) is 5. The maximum absolute atomic E-state index is 12.3. The quantitative estimate of drug-likeness (QED) is 0.771. The fourth-order valence-corrected chi connectivity index (χ4v) is 3.26. The van der Waals surface area contributed by atoms with Crippen LogP contribution in [0.1, 0.15) is 18.7 Å². The van der Waals surface area contributed by atoms with Crippen molar-refractivity contribution in [1.29, 1.82) is 0 Å². The van der Waals surface area contributed by atoms with Gasteiger partial charge in [0.25, 0.3) is 5.56 Å². The number of H-pyrrole nitrogens is 1. The molecule has 2 N–H and O–H groups in total. The van der Waals surface area contributed by atoms with Gasteiger partial charge in [0.15, 0.2) is 0 Å². The normalized spacial score (nSPS) is 17.3. The molecule has 0 saturated carbocycles. The molecule has 23 heavy (non-hydrogen) atoms. The van der Waals surface area contributed by atoms with Crippen molar-refractivity contribution < 1.29 is 9.52 Å². The third kappa shape index (κ3) is 2.64.